The summed E-state index contributed by atoms with van der Waals surface area (Å²) in [6.45, 7) is 1.32. The molecule has 7 heteroatoms. The molecule has 0 unspecified atom stereocenters. The van der Waals surface area contributed by atoms with Crippen LogP contribution in [-0.4, -0.2) is 60.3 Å². The second-order valence-corrected chi connectivity index (χ2v) is 5.11. The zero-order valence-corrected chi connectivity index (χ0v) is 12.3. The summed E-state index contributed by atoms with van der Waals surface area (Å²) < 4.78 is 0. The fourth-order valence-corrected chi connectivity index (χ4v) is 2.34. The molecule has 2 rings (SSSR count). The van der Waals surface area contributed by atoms with Crippen molar-refractivity contribution in [3.05, 3.63) is 22.8 Å². The average molecular weight is 297 g/mol. The van der Waals surface area contributed by atoms with Crippen LogP contribution in [0, 0.1) is 0 Å². The number of aromatic nitrogens is 1. The van der Waals surface area contributed by atoms with Crippen LogP contribution >= 0.6 is 11.6 Å². The molecular formula is C13H17ClN4O2. The van der Waals surface area contributed by atoms with Gasteiger partial charge in [0.1, 0.15) is 12.4 Å². The Bertz CT molecular complexity index is 535. The number of nitrogens with one attached hydrogen (secondary N) is 1. The van der Waals surface area contributed by atoms with Gasteiger partial charge in [-0.2, -0.15) is 0 Å². The summed E-state index contributed by atoms with van der Waals surface area (Å²) in [5, 5.41) is 3.22. The average Bonchev–Trinajstić information content (AvgIpc) is 2.60. The molecule has 6 nitrogen and oxygen atoms in total. The third kappa shape index (κ3) is 3.01. The van der Waals surface area contributed by atoms with Crippen molar-refractivity contribution in [2.45, 2.75) is 6.42 Å². The van der Waals surface area contributed by atoms with Crippen LogP contribution in [0.2, 0.25) is 5.02 Å². The number of carbonyl (C=O) groups is 2. The van der Waals surface area contributed by atoms with E-state index in [-0.39, 0.29) is 18.4 Å². The Kier molecular flexibility index (Phi) is 4.44. The number of carbonyl (C=O) groups excluding carboxylic acids is 2. The first-order valence-corrected chi connectivity index (χ1v) is 6.77. The van der Waals surface area contributed by atoms with Crippen molar-refractivity contribution in [3.63, 3.8) is 0 Å². The highest BCUT2D eigenvalue weighted by atomic mass is 35.5. The minimum atomic E-state index is -0.217. The number of nitrogens with zero attached hydrogens (tertiary/aromatic N) is 3. The Labute approximate surface area is 122 Å². The summed E-state index contributed by atoms with van der Waals surface area (Å²) in [7, 11) is 3.45. The molecule has 1 N–H and O–H groups in total. The van der Waals surface area contributed by atoms with Crippen LogP contribution in [-0.2, 0) is 4.79 Å². The number of hydrogen-bond donors (Lipinski definition) is 1. The number of anilines is 1. The standard InChI is InChI=1S/C13H17ClN4O2/c1-15-12-10(14)6-9(7-16-12)13(20)18-5-3-4-17(2)11(19)8-18/h6-7H,3-5,8H2,1-2H3,(H,15,16). The number of rotatable bonds is 2. The summed E-state index contributed by atoms with van der Waals surface area (Å²) in [4.78, 5) is 31.5. The van der Waals surface area contributed by atoms with Crippen LogP contribution in [0.4, 0.5) is 5.82 Å². The molecule has 1 saturated heterocycles. The van der Waals surface area contributed by atoms with Crippen LogP contribution in [0.1, 0.15) is 16.8 Å². The number of amides is 2. The SMILES string of the molecule is CNc1ncc(C(=O)N2CCCN(C)C(=O)C2)cc1Cl. The molecular weight excluding hydrogens is 280 g/mol. The molecule has 0 bridgehead atoms. The van der Waals surface area contributed by atoms with E-state index < -0.39 is 0 Å². The van der Waals surface area contributed by atoms with E-state index in [4.69, 9.17) is 11.6 Å². The van der Waals surface area contributed by atoms with Crippen molar-refractivity contribution in [2.24, 2.45) is 0 Å². The van der Waals surface area contributed by atoms with Crippen LogP contribution in [0.25, 0.3) is 0 Å². The number of halogens is 1. The van der Waals surface area contributed by atoms with E-state index >= 15 is 0 Å². The Balaban J connectivity index is 2.18. The molecule has 2 heterocycles. The van der Waals surface area contributed by atoms with Gasteiger partial charge < -0.3 is 15.1 Å². The van der Waals surface area contributed by atoms with Crippen molar-refractivity contribution >= 4 is 29.2 Å². The molecule has 0 atom stereocenters. The topological polar surface area (TPSA) is 65.5 Å². The monoisotopic (exact) mass is 296 g/mol. The van der Waals surface area contributed by atoms with Crippen LogP contribution < -0.4 is 5.32 Å². The molecule has 1 aliphatic heterocycles. The molecule has 0 radical (unpaired) electrons. The van der Waals surface area contributed by atoms with Crippen molar-refractivity contribution in [1.29, 1.82) is 0 Å². The Morgan fingerprint density at radius 2 is 2.20 bits per heavy atom. The van der Waals surface area contributed by atoms with Crippen LogP contribution in [0.5, 0.6) is 0 Å². The van der Waals surface area contributed by atoms with Crippen molar-refractivity contribution in [1.82, 2.24) is 14.8 Å². The summed E-state index contributed by atoms with van der Waals surface area (Å²) >= 11 is 6.03. The van der Waals surface area contributed by atoms with Gasteiger partial charge in [-0.25, -0.2) is 4.98 Å². The second kappa shape index (κ2) is 6.09. The Morgan fingerprint density at radius 1 is 1.45 bits per heavy atom. The largest absolute Gasteiger partial charge is 0.372 e. The fraction of sp³-hybridized carbons (Fsp3) is 0.462. The molecule has 1 aliphatic rings. The van der Waals surface area contributed by atoms with Gasteiger partial charge in [-0.05, 0) is 12.5 Å². The number of pyridine rings is 1. The molecule has 0 aliphatic carbocycles. The molecule has 20 heavy (non-hydrogen) atoms. The van der Waals surface area contributed by atoms with Crippen LogP contribution in [0.15, 0.2) is 12.3 Å². The summed E-state index contributed by atoms with van der Waals surface area (Å²) in [5.41, 5.74) is 0.395. The third-order valence-electron chi connectivity index (χ3n) is 3.29. The lowest BCUT2D eigenvalue weighted by atomic mass is 10.2. The maximum absolute atomic E-state index is 12.4. The quantitative estimate of drug-likeness (QED) is 0.887. The predicted octanol–water partition coefficient (Wildman–Crippen LogP) is 1.08. The molecule has 0 aromatic carbocycles. The smallest absolute Gasteiger partial charge is 0.255 e. The molecule has 0 saturated carbocycles. The highest BCUT2D eigenvalue weighted by Gasteiger charge is 2.24. The first-order valence-electron chi connectivity index (χ1n) is 6.39. The fourth-order valence-electron chi connectivity index (χ4n) is 2.08. The van der Waals surface area contributed by atoms with Gasteiger partial charge >= 0.3 is 0 Å². The lowest BCUT2D eigenvalue weighted by Crippen LogP contribution is -2.38. The Hall–Kier alpha value is -1.82. The van der Waals surface area contributed by atoms with E-state index in [1.54, 1.807) is 25.1 Å². The van der Waals surface area contributed by atoms with Gasteiger partial charge in [0, 0.05) is 33.4 Å². The molecule has 1 fully saturated rings. The second-order valence-electron chi connectivity index (χ2n) is 4.70. The van der Waals surface area contributed by atoms with Gasteiger partial charge in [-0.3, -0.25) is 9.59 Å². The van der Waals surface area contributed by atoms with Gasteiger partial charge in [-0.1, -0.05) is 11.6 Å². The highest BCUT2D eigenvalue weighted by molar-refractivity contribution is 6.33. The Morgan fingerprint density at radius 3 is 2.85 bits per heavy atom. The van der Waals surface area contributed by atoms with Crippen molar-refractivity contribution in [2.75, 3.05) is 39.0 Å². The zero-order chi connectivity index (χ0) is 14.7. The zero-order valence-electron chi connectivity index (χ0n) is 11.5. The molecule has 1 aromatic heterocycles. The summed E-state index contributed by atoms with van der Waals surface area (Å²) in [6, 6.07) is 1.57. The lowest BCUT2D eigenvalue weighted by molar-refractivity contribution is -0.129. The maximum atomic E-state index is 12.4. The first kappa shape index (κ1) is 14.6. The first-order chi connectivity index (χ1) is 9.52. The lowest BCUT2D eigenvalue weighted by Gasteiger charge is -2.20. The molecule has 108 valence electrons. The molecule has 0 spiro atoms. The van der Waals surface area contributed by atoms with E-state index in [0.717, 1.165) is 6.42 Å². The van der Waals surface area contributed by atoms with E-state index in [9.17, 15) is 9.59 Å². The summed E-state index contributed by atoms with van der Waals surface area (Å²) in [5.74, 6) is 0.252. The maximum Gasteiger partial charge on any atom is 0.255 e. The molecule has 1 aromatic rings. The van der Waals surface area contributed by atoms with E-state index in [2.05, 4.69) is 10.3 Å². The van der Waals surface area contributed by atoms with Crippen LogP contribution in [0.3, 0.4) is 0 Å². The minimum Gasteiger partial charge on any atom is -0.372 e. The van der Waals surface area contributed by atoms with Gasteiger partial charge in [0.25, 0.3) is 5.91 Å². The van der Waals surface area contributed by atoms with Crippen molar-refractivity contribution in [3.8, 4) is 0 Å². The van der Waals surface area contributed by atoms with Gasteiger partial charge in [0.2, 0.25) is 5.91 Å². The van der Waals surface area contributed by atoms with E-state index in [1.165, 1.54) is 11.1 Å². The van der Waals surface area contributed by atoms with Gasteiger partial charge in [0.05, 0.1) is 10.6 Å². The highest BCUT2D eigenvalue weighted by Crippen LogP contribution is 2.20. The number of likely N-dealkylation sites (N-methyl/N-ethyl adjacent to an activating group) is 1. The predicted molar refractivity (Wildman–Crippen MR) is 77.0 cm³/mol. The van der Waals surface area contributed by atoms with E-state index in [0.29, 0.717) is 29.5 Å². The molecule has 2 amide bonds. The van der Waals surface area contributed by atoms with Crippen molar-refractivity contribution < 1.29 is 9.59 Å². The summed E-state index contributed by atoms with van der Waals surface area (Å²) in [6.07, 6.45) is 2.24. The normalized spacial score (nSPS) is 16.1. The third-order valence-corrected chi connectivity index (χ3v) is 3.57. The van der Waals surface area contributed by atoms with E-state index in [1.807, 2.05) is 0 Å². The van der Waals surface area contributed by atoms with Gasteiger partial charge in [-0.15, -0.1) is 0 Å². The minimum absolute atomic E-state index is 0.0539. The number of hydrogen-bond acceptors (Lipinski definition) is 4. The van der Waals surface area contributed by atoms with Gasteiger partial charge in [0.15, 0.2) is 0 Å².